The normalized spacial score (nSPS) is 22.4. The zero-order chi connectivity index (χ0) is 10.1. The van der Waals surface area contributed by atoms with Crippen molar-refractivity contribution in [1.29, 1.82) is 0 Å². The molecule has 0 aromatic heterocycles. The van der Waals surface area contributed by atoms with Crippen molar-refractivity contribution in [3.8, 4) is 0 Å². The molecule has 1 aliphatic heterocycles. The van der Waals surface area contributed by atoms with Crippen LogP contribution in [0.25, 0.3) is 0 Å². The second-order valence-electron chi connectivity index (χ2n) is 4.37. The lowest BCUT2D eigenvalue weighted by molar-refractivity contribution is 0.184. The first-order valence-corrected chi connectivity index (χ1v) is 5.11. The maximum Gasteiger partial charge on any atom is 0.0472 e. The minimum atomic E-state index is 0.546. The van der Waals surface area contributed by atoms with Gasteiger partial charge < -0.3 is 9.80 Å². The fraction of sp³-hybridized carbons (Fsp3) is 0.500. The molecular weight excluding hydrogens is 172 g/mol. The minimum absolute atomic E-state index is 0.546. The van der Waals surface area contributed by atoms with E-state index in [9.17, 15) is 0 Å². The SMILES string of the molecule is CN1Cc2ccccc2C(N(C)C)C1. The standard InChI is InChI=1S/C12H18N2/c1-13(2)12-9-14(3)8-10-6-4-5-7-11(10)12/h4-7,12H,8-9H2,1-3H3. The van der Waals surface area contributed by atoms with Crippen molar-refractivity contribution < 1.29 is 0 Å². The van der Waals surface area contributed by atoms with Crippen molar-refractivity contribution in [2.75, 3.05) is 27.7 Å². The van der Waals surface area contributed by atoms with E-state index in [4.69, 9.17) is 0 Å². The second kappa shape index (κ2) is 3.71. The summed E-state index contributed by atoms with van der Waals surface area (Å²) in [7, 11) is 6.49. The molecule has 1 heterocycles. The van der Waals surface area contributed by atoms with Gasteiger partial charge in [0.15, 0.2) is 0 Å². The van der Waals surface area contributed by atoms with Crippen molar-refractivity contribution in [3.63, 3.8) is 0 Å². The first-order valence-electron chi connectivity index (χ1n) is 5.11. The monoisotopic (exact) mass is 190 g/mol. The van der Waals surface area contributed by atoms with Crippen LogP contribution in [0.1, 0.15) is 17.2 Å². The molecule has 2 rings (SSSR count). The summed E-state index contributed by atoms with van der Waals surface area (Å²) in [5.74, 6) is 0. The fourth-order valence-corrected chi connectivity index (χ4v) is 2.19. The zero-order valence-corrected chi connectivity index (χ0v) is 9.20. The van der Waals surface area contributed by atoms with Gasteiger partial charge in [0.25, 0.3) is 0 Å². The van der Waals surface area contributed by atoms with Gasteiger partial charge in [0.1, 0.15) is 0 Å². The molecule has 0 aliphatic carbocycles. The van der Waals surface area contributed by atoms with Gasteiger partial charge in [-0.1, -0.05) is 24.3 Å². The first-order chi connectivity index (χ1) is 6.68. The highest BCUT2D eigenvalue weighted by Gasteiger charge is 2.23. The Labute approximate surface area is 86.1 Å². The van der Waals surface area contributed by atoms with Gasteiger partial charge in [-0.05, 0) is 32.3 Å². The maximum atomic E-state index is 2.38. The summed E-state index contributed by atoms with van der Waals surface area (Å²) < 4.78 is 0. The van der Waals surface area contributed by atoms with E-state index in [0.29, 0.717) is 6.04 Å². The molecule has 1 aliphatic rings. The molecule has 0 N–H and O–H groups in total. The van der Waals surface area contributed by atoms with Gasteiger partial charge in [-0.15, -0.1) is 0 Å². The van der Waals surface area contributed by atoms with Gasteiger partial charge in [-0.25, -0.2) is 0 Å². The van der Waals surface area contributed by atoms with Crippen LogP contribution in [0.3, 0.4) is 0 Å². The fourth-order valence-electron chi connectivity index (χ4n) is 2.19. The van der Waals surface area contributed by atoms with Crippen LogP contribution in [0.4, 0.5) is 0 Å². The molecule has 14 heavy (non-hydrogen) atoms. The summed E-state index contributed by atoms with van der Waals surface area (Å²) in [6.45, 7) is 2.21. The van der Waals surface area contributed by atoms with Crippen LogP contribution >= 0.6 is 0 Å². The highest BCUT2D eigenvalue weighted by atomic mass is 15.2. The van der Waals surface area contributed by atoms with Crippen LogP contribution in [-0.2, 0) is 6.54 Å². The van der Waals surface area contributed by atoms with E-state index in [1.807, 2.05) is 0 Å². The van der Waals surface area contributed by atoms with Crippen LogP contribution in [0, 0.1) is 0 Å². The molecular formula is C12H18N2. The van der Waals surface area contributed by atoms with E-state index in [1.165, 1.54) is 11.1 Å². The second-order valence-corrected chi connectivity index (χ2v) is 4.37. The highest BCUT2D eigenvalue weighted by molar-refractivity contribution is 5.32. The third kappa shape index (κ3) is 1.68. The molecule has 2 heteroatoms. The third-order valence-electron chi connectivity index (χ3n) is 2.96. The van der Waals surface area contributed by atoms with Gasteiger partial charge >= 0.3 is 0 Å². The molecule has 0 saturated carbocycles. The van der Waals surface area contributed by atoms with Gasteiger partial charge in [0, 0.05) is 19.1 Å². The lowest BCUT2D eigenvalue weighted by atomic mass is 9.95. The Balaban J connectivity index is 2.38. The minimum Gasteiger partial charge on any atom is -0.301 e. The number of rotatable bonds is 1. The number of likely N-dealkylation sites (N-methyl/N-ethyl adjacent to an activating group) is 2. The molecule has 1 unspecified atom stereocenters. The Morgan fingerprint density at radius 1 is 1.29 bits per heavy atom. The highest BCUT2D eigenvalue weighted by Crippen LogP contribution is 2.28. The number of fused-ring (bicyclic) bond motifs is 1. The summed E-state index contributed by atoms with van der Waals surface area (Å²) in [4.78, 5) is 4.68. The van der Waals surface area contributed by atoms with E-state index in [2.05, 4.69) is 55.2 Å². The van der Waals surface area contributed by atoms with Gasteiger partial charge in [-0.2, -0.15) is 0 Å². The van der Waals surface area contributed by atoms with Crippen molar-refractivity contribution in [2.45, 2.75) is 12.6 Å². The van der Waals surface area contributed by atoms with Crippen LogP contribution < -0.4 is 0 Å². The van der Waals surface area contributed by atoms with Crippen molar-refractivity contribution in [3.05, 3.63) is 35.4 Å². The molecule has 0 saturated heterocycles. The van der Waals surface area contributed by atoms with Gasteiger partial charge in [0.2, 0.25) is 0 Å². The topological polar surface area (TPSA) is 6.48 Å². The molecule has 0 radical (unpaired) electrons. The molecule has 2 nitrogen and oxygen atoms in total. The van der Waals surface area contributed by atoms with Crippen LogP contribution in [0.15, 0.2) is 24.3 Å². The predicted octanol–water partition coefficient (Wildman–Crippen LogP) is 1.73. The Kier molecular flexibility index (Phi) is 2.57. The first kappa shape index (κ1) is 9.69. The Bertz CT molecular complexity index is 320. The smallest absolute Gasteiger partial charge is 0.0472 e. The van der Waals surface area contributed by atoms with Gasteiger partial charge in [-0.3, -0.25) is 0 Å². The van der Waals surface area contributed by atoms with E-state index in [0.717, 1.165) is 13.1 Å². The average Bonchev–Trinajstić information content (AvgIpc) is 2.16. The Morgan fingerprint density at radius 2 is 2.00 bits per heavy atom. The molecule has 1 aromatic carbocycles. The molecule has 0 bridgehead atoms. The summed E-state index contributed by atoms with van der Waals surface area (Å²) in [5.41, 5.74) is 2.97. The van der Waals surface area contributed by atoms with E-state index >= 15 is 0 Å². The largest absolute Gasteiger partial charge is 0.301 e. The molecule has 0 fully saturated rings. The Hall–Kier alpha value is -0.860. The molecule has 0 spiro atoms. The molecule has 1 atom stereocenters. The molecule has 1 aromatic rings. The van der Waals surface area contributed by atoms with Crippen molar-refractivity contribution >= 4 is 0 Å². The zero-order valence-electron chi connectivity index (χ0n) is 9.20. The van der Waals surface area contributed by atoms with Crippen LogP contribution in [0.5, 0.6) is 0 Å². The number of benzene rings is 1. The predicted molar refractivity (Wildman–Crippen MR) is 59.2 cm³/mol. The molecule has 0 amide bonds. The molecule has 76 valence electrons. The third-order valence-corrected chi connectivity index (χ3v) is 2.96. The van der Waals surface area contributed by atoms with Crippen LogP contribution in [0.2, 0.25) is 0 Å². The summed E-state index contributed by atoms with van der Waals surface area (Å²) >= 11 is 0. The van der Waals surface area contributed by atoms with E-state index < -0.39 is 0 Å². The lowest BCUT2D eigenvalue weighted by Crippen LogP contribution is -2.37. The van der Waals surface area contributed by atoms with E-state index in [-0.39, 0.29) is 0 Å². The maximum absolute atomic E-state index is 2.38. The lowest BCUT2D eigenvalue weighted by Gasteiger charge is -2.35. The van der Waals surface area contributed by atoms with Gasteiger partial charge in [0.05, 0.1) is 0 Å². The summed E-state index contributed by atoms with van der Waals surface area (Å²) in [6, 6.07) is 9.31. The van der Waals surface area contributed by atoms with Crippen LogP contribution in [-0.4, -0.2) is 37.5 Å². The number of nitrogens with zero attached hydrogens (tertiary/aromatic N) is 2. The van der Waals surface area contributed by atoms with Crippen molar-refractivity contribution in [1.82, 2.24) is 9.80 Å². The number of hydrogen-bond acceptors (Lipinski definition) is 2. The summed E-state index contributed by atoms with van der Waals surface area (Å²) in [5, 5.41) is 0. The average molecular weight is 190 g/mol. The number of hydrogen-bond donors (Lipinski definition) is 0. The van der Waals surface area contributed by atoms with E-state index in [1.54, 1.807) is 0 Å². The Morgan fingerprint density at radius 3 is 2.71 bits per heavy atom. The quantitative estimate of drug-likeness (QED) is 0.665. The summed E-state index contributed by atoms with van der Waals surface area (Å²) in [6.07, 6.45) is 0. The van der Waals surface area contributed by atoms with Crippen molar-refractivity contribution in [2.24, 2.45) is 0 Å².